The van der Waals surface area contributed by atoms with Crippen LogP contribution in [0.5, 0.6) is 0 Å². The molecule has 7 nitrogen and oxygen atoms in total. The molecule has 0 amide bonds. The number of hydrogen-bond acceptors (Lipinski definition) is 5. The van der Waals surface area contributed by atoms with E-state index < -0.39 is 0 Å². The van der Waals surface area contributed by atoms with Gasteiger partial charge in [0.2, 0.25) is 5.82 Å². The van der Waals surface area contributed by atoms with Crippen LogP contribution in [0.25, 0.3) is 0 Å². The first-order valence-corrected chi connectivity index (χ1v) is 10.8. The smallest absolute Gasteiger partial charge is 0.209 e. The number of hydrogen-bond donors (Lipinski definition) is 1. The number of furan rings is 1. The molecule has 1 atom stereocenters. The number of rotatable bonds is 8. The largest absolute Gasteiger partial charge is 0.467 e. The maximum absolute atomic E-state index is 6.18. The van der Waals surface area contributed by atoms with Crippen LogP contribution in [0, 0.1) is 0 Å². The van der Waals surface area contributed by atoms with Crippen molar-refractivity contribution >= 4 is 17.3 Å². The summed E-state index contributed by atoms with van der Waals surface area (Å²) in [5.41, 5.74) is 1.20. The van der Waals surface area contributed by atoms with Gasteiger partial charge >= 0.3 is 0 Å². The summed E-state index contributed by atoms with van der Waals surface area (Å²) in [4.78, 5) is 3.96. The fourth-order valence-electron chi connectivity index (χ4n) is 4.12. The fraction of sp³-hybridized carbons (Fsp3) is 0.476. The second-order valence-corrected chi connectivity index (χ2v) is 8.03. The quantitative estimate of drug-likeness (QED) is 0.612. The highest BCUT2D eigenvalue weighted by Crippen LogP contribution is 2.20. The van der Waals surface area contributed by atoms with Crippen LogP contribution in [0.2, 0.25) is 5.02 Å². The molecular formula is C21H28ClN6O+. The topological polar surface area (TPSA) is 64.4 Å². The van der Waals surface area contributed by atoms with E-state index in [-0.39, 0.29) is 0 Å². The maximum Gasteiger partial charge on any atom is 0.209 e. The lowest BCUT2D eigenvalue weighted by atomic mass is 10.1. The summed E-state index contributed by atoms with van der Waals surface area (Å²) < 4.78 is 7.40. The minimum absolute atomic E-state index is 0.293. The molecule has 0 bridgehead atoms. The van der Waals surface area contributed by atoms with Crippen molar-refractivity contribution in [1.29, 1.82) is 0 Å². The van der Waals surface area contributed by atoms with Gasteiger partial charge in [-0.15, -0.1) is 5.10 Å². The number of tetrazole rings is 1. The molecule has 3 aromatic rings. The Kier molecular flexibility index (Phi) is 6.46. The Morgan fingerprint density at radius 1 is 1.21 bits per heavy atom. The van der Waals surface area contributed by atoms with Crippen LogP contribution in [-0.2, 0) is 6.54 Å². The molecule has 1 aliphatic rings. The average molecular weight is 416 g/mol. The fourth-order valence-corrected chi connectivity index (χ4v) is 4.31. The van der Waals surface area contributed by atoms with Gasteiger partial charge in [0.15, 0.2) is 0 Å². The van der Waals surface area contributed by atoms with E-state index >= 15 is 0 Å². The predicted octanol–water partition coefficient (Wildman–Crippen LogP) is 2.60. The van der Waals surface area contributed by atoms with E-state index in [1.54, 1.807) is 11.2 Å². The number of nitrogens with one attached hydrogen (secondary N) is 1. The van der Waals surface area contributed by atoms with Crippen molar-refractivity contribution in [3.05, 3.63) is 59.3 Å². The van der Waals surface area contributed by atoms with Crippen molar-refractivity contribution in [1.82, 2.24) is 20.2 Å². The highest BCUT2D eigenvalue weighted by Gasteiger charge is 2.32. The van der Waals surface area contributed by atoms with Crippen LogP contribution in [0.3, 0.4) is 0 Å². The zero-order chi connectivity index (χ0) is 20.1. The van der Waals surface area contributed by atoms with Gasteiger partial charge in [-0.05, 0) is 47.2 Å². The number of benzene rings is 1. The van der Waals surface area contributed by atoms with E-state index in [0.717, 1.165) is 55.6 Å². The summed E-state index contributed by atoms with van der Waals surface area (Å²) in [6.45, 7) is 6.90. The highest BCUT2D eigenvalue weighted by molar-refractivity contribution is 6.30. The number of piperazine rings is 1. The summed E-state index contributed by atoms with van der Waals surface area (Å²) in [7, 11) is 0. The number of anilines is 1. The zero-order valence-electron chi connectivity index (χ0n) is 16.8. The van der Waals surface area contributed by atoms with E-state index in [1.807, 2.05) is 35.0 Å². The molecule has 0 unspecified atom stereocenters. The van der Waals surface area contributed by atoms with Gasteiger partial charge in [0.1, 0.15) is 18.3 Å². The summed E-state index contributed by atoms with van der Waals surface area (Å²) >= 11 is 6.18. The molecule has 3 heterocycles. The van der Waals surface area contributed by atoms with E-state index in [2.05, 4.69) is 33.4 Å². The van der Waals surface area contributed by atoms with Crippen LogP contribution >= 0.6 is 11.6 Å². The lowest BCUT2D eigenvalue weighted by Crippen LogP contribution is -3.15. The number of halogens is 1. The number of quaternary nitrogens is 1. The second-order valence-electron chi connectivity index (χ2n) is 7.59. The molecular weight excluding hydrogens is 388 g/mol. The predicted molar refractivity (Wildman–Crippen MR) is 112 cm³/mol. The first-order chi connectivity index (χ1) is 14.2. The molecule has 0 radical (unpaired) electrons. The van der Waals surface area contributed by atoms with Gasteiger partial charge in [-0.25, -0.2) is 4.68 Å². The Morgan fingerprint density at radius 2 is 2.07 bits per heavy atom. The highest BCUT2D eigenvalue weighted by atomic mass is 35.5. The maximum atomic E-state index is 6.18. The molecule has 4 rings (SSSR count). The Labute approximate surface area is 176 Å². The van der Waals surface area contributed by atoms with Crippen molar-refractivity contribution in [2.24, 2.45) is 0 Å². The Hall–Kier alpha value is -2.38. The van der Waals surface area contributed by atoms with Crippen molar-refractivity contribution in [3.63, 3.8) is 0 Å². The van der Waals surface area contributed by atoms with Gasteiger partial charge < -0.3 is 14.2 Å². The Balaban J connectivity index is 1.48. The molecule has 2 aromatic heterocycles. The number of nitrogens with zero attached hydrogens (tertiary/aromatic N) is 5. The number of unbranched alkanes of at least 4 members (excludes halogenated alkanes) is 1. The lowest BCUT2D eigenvalue weighted by molar-refractivity contribution is -0.933. The van der Waals surface area contributed by atoms with Gasteiger partial charge in [0, 0.05) is 17.1 Å². The monoisotopic (exact) mass is 415 g/mol. The third-order valence-corrected chi connectivity index (χ3v) is 5.91. The van der Waals surface area contributed by atoms with E-state index in [4.69, 9.17) is 16.0 Å². The molecule has 1 saturated heterocycles. The normalized spacial score (nSPS) is 16.3. The molecule has 1 aliphatic heterocycles. The Bertz CT molecular complexity index is 888. The molecule has 29 heavy (non-hydrogen) atoms. The van der Waals surface area contributed by atoms with Crippen LogP contribution in [-0.4, -0.2) is 46.4 Å². The first kappa shape index (κ1) is 19.9. The zero-order valence-corrected chi connectivity index (χ0v) is 17.6. The third kappa shape index (κ3) is 4.79. The van der Waals surface area contributed by atoms with Crippen molar-refractivity contribution in [2.45, 2.75) is 38.8 Å². The minimum Gasteiger partial charge on any atom is -0.467 e. The van der Waals surface area contributed by atoms with Gasteiger partial charge in [-0.3, -0.25) is 0 Å². The standard InChI is InChI=1S/C21H27ClN6O/c1-2-3-9-20(21-23-24-25-28(21)16-19-8-5-14-29-19)27-12-10-26(11-13-27)18-7-4-6-17(22)15-18/h4-8,14-15,20H,2-3,9-13,16H2,1H3/p+1/t20-/m0/s1. The van der Waals surface area contributed by atoms with Crippen LogP contribution in [0.1, 0.15) is 43.8 Å². The van der Waals surface area contributed by atoms with E-state index in [0.29, 0.717) is 12.6 Å². The number of aromatic nitrogens is 4. The van der Waals surface area contributed by atoms with Gasteiger partial charge in [-0.1, -0.05) is 31.0 Å². The molecule has 8 heteroatoms. The van der Waals surface area contributed by atoms with Crippen molar-refractivity contribution in [3.8, 4) is 0 Å². The molecule has 1 aromatic carbocycles. The van der Waals surface area contributed by atoms with E-state index in [9.17, 15) is 0 Å². The molecule has 0 saturated carbocycles. The molecule has 1 N–H and O–H groups in total. The van der Waals surface area contributed by atoms with Gasteiger partial charge in [-0.2, -0.15) is 0 Å². The second kappa shape index (κ2) is 9.41. The summed E-state index contributed by atoms with van der Waals surface area (Å²) in [5.74, 6) is 1.83. The van der Waals surface area contributed by atoms with Crippen molar-refractivity contribution in [2.75, 3.05) is 31.1 Å². The van der Waals surface area contributed by atoms with Crippen LogP contribution in [0.4, 0.5) is 5.69 Å². The first-order valence-electron chi connectivity index (χ1n) is 10.4. The molecule has 0 spiro atoms. The average Bonchev–Trinajstić information content (AvgIpc) is 3.42. The van der Waals surface area contributed by atoms with Crippen LogP contribution < -0.4 is 9.80 Å². The van der Waals surface area contributed by atoms with Crippen LogP contribution in [0.15, 0.2) is 47.1 Å². The minimum atomic E-state index is 0.293. The Morgan fingerprint density at radius 3 is 2.79 bits per heavy atom. The van der Waals surface area contributed by atoms with Crippen molar-refractivity contribution < 1.29 is 9.32 Å². The van der Waals surface area contributed by atoms with Gasteiger partial charge in [0.05, 0.1) is 32.4 Å². The summed E-state index contributed by atoms with van der Waals surface area (Å²) in [6.07, 6.45) is 5.10. The molecule has 1 fully saturated rings. The van der Waals surface area contributed by atoms with E-state index in [1.165, 1.54) is 12.1 Å². The van der Waals surface area contributed by atoms with Gasteiger partial charge in [0.25, 0.3) is 0 Å². The molecule has 154 valence electrons. The molecule has 0 aliphatic carbocycles. The lowest BCUT2D eigenvalue weighted by Gasteiger charge is -2.37. The third-order valence-electron chi connectivity index (χ3n) is 5.68. The summed E-state index contributed by atoms with van der Waals surface area (Å²) in [6, 6.07) is 12.3. The SMILES string of the molecule is CCCC[C@@H](c1nnnn1Cc1ccco1)[NH+]1CCN(c2cccc(Cl)c2)CC1. The summed E-state index contributed by atoms with van der Waals surface area (Å²) in [5, 5.41) is 13.4.